The molecule has 48 heavy (non-hydrogen) atoms. The van der Waals surface area contributed by atoms with Gasteiger partial charge in [-0.15, -0.1) is 6.42 Å². The lowest BCUT2D eigenvalue weighted by Gasteiger charge is -2.27. The summed E-state index contributed by atoms with van der Waals surface area (Å²) in [7, 11) is 0. The molecule has 0 spiro atoms. The molecule has 8 nitrogen and oxygen atoms in total. The van der Waals surface area contributed by atoms with E-state index in [-0.39, 0.29) is 29.9 Å². The number of rotatable bonds is 19. The molecule has 0 unspecified atom stereocenters. The van der Waals surface area contributed by atoms with Crippen LogP contribution in [0.5, 0.6) is 17.2 Å². The molecule has 0 atom stereocenters. The minimum absolute atomic E-state index is 0.241. The zero-order chi connectivity index (χ0) is 34.2. The van der Waals surface area contributed by atoms with Gasteiger partial charge in [0.2, 0.25) is 0 Å². The molecular weight excluding hydrogens is 608 g/mol. The fourth-order valence-electron chi connectivity index (χ4n) is 5.14. The first-order chi connectivity index (χ1) is 23.5. The van der Waals surface area contributed by atoms with Crippen LogP contribution in [0, 0.1) is 42.1 Å². The summed E-state index contributed by atoms with van der Waals surface area (Å²) in [5, 5.41) is 0. The average molecular weight is 653 g/mol. The predicted molar refractivity (Wildman–Crippen MR) is 183 cm³/mol. The quantitative estimate of drug-likeness (QED) is 0.0503. The molecule has 0 saturated heterocycles. The normalized spacial score (nSPS) is 14.8. The third kappa shape index (κ3) is 15.0. The smallest absolute Gasteiger partial charge is 0.338 e. The van der Waals surface area contributed by atoms with Crippen LogP contribution in [0.1, 0.15) is 93.8 Å². The Bertz CT molecular complexity index is 1470. The monoisotopic (exact) mass is 652 g/mol. The van der Waals surface area contributed by atoms with E-state index < -0.39 is 0 Å². The number of terminal acetylenes is 1. The lowest BCUT2D eigenvalue weighted by atomic mass is 9.87. The van der Waals surface area contributed by atoms with Gasteiger partial charge < -0.3 is 23.7 Å². The Hall–Kier alpha value is -5.13. The molecule has 252 valence electrons. The lowest BCUT2D eigenvalue weighted by molar-refractivity contribution is -0.140. The van der Waals surface area contributed by atoms with E-state index in [4.69, 9.17) is 30.1 Å². The van der Waals surface area contributed by atoms with Crippen LogP contribution in [0.2, 0.25) is 0 Å². The van der Waals surface area contributed by atoms with Gasteiger partial charge in [-0.1, -0.05) is 51.5 Å². The van der Waals surface area contributed by atoms with Crippen LogP contribution in [0.3, 0.4) is 0 Å². The van der Waals surface area contributed by atoms with Gasteiger partial charge in [0.05, 0.1) is 24.7 Å². The number of hydrogen-bond donors (Lipinski definition) is 0. The Kier molecular flexibility index (Phi) is 17.4. The Morgan fingerprint density at radius 2 is 1.31 bits per heavy atom. The zero-order valence-electron chi connectivity index (χ0n) is 27.5. The van der Waals surface area contributed by atoms with E-state index >= 15 is 0 Å². The fourth-order valence-corrected chi connectivity index (χ4v) is 5.14. The maximum Gasteiger partial charge on any atom is 0.338 e. The summed E-state index contributed by atoms with van der Waals surface area (Å²) in [5.74, 6) is 9.77. The van der Waals surface area contributed by atoms with Crippen molar-refractivity contribution in [3.8, 4) is 53.5 Å². The second-order valence-corrected chi connectivity index (χ2v) is 11.4. The molecule has 0 N–H and O–H groups in total. The summed E-state index contributed by atoms with van der Waals surface area (Å²) in [5.41, 5.74) is 0.473. The minimum atomic E-state index is -0.376. The van der Waals surface area contributed by atoms with Crippen molar-refractivity contribution in [3.05, 3.63) is 66.7 Å². The second-order valence-electron chi connectivity index (χ2n) is 11.4. The van der Waals surface area contributed by atoms with Gasteiger partial charge in [-0.3, -0.25) is 4.79 Å². The first kappa shape index (κ1) is 37.3. The van der Waals surface area contributed by atoms with Crippen molar-refractivity contribution in [3.63, 3.8) is 0 Å². The van der Waals surface area contributed by atoms with Crippen LogP contribution >= 0.6 is 0 Å². The van der Waals surface area contributed by atoms with E-state index in [1.54, 1.807) is 48.5 Å². The van der Waals surface area contributed by atoms with Gasteiger partial charge in [0.1, 0.15) is 29.5 Å². The highest BCUT2D eigenvalue weighted by Crippen LogP contribution is 2.29. The van der Waals surface area contributed by atoms with Crippen LogP contribution in [-0.2, 0) is 19.1 Å². The predicted octanol–water partition coefficient (Wildman–Crippen LogP) is 7.60. The highest BCUT2D eigenvalue weighted by molar-refractivity contribution is 5.89. The molecule has 8 heteroatoms. The summed E-state index contributed by atoms with van der Waals surface area (Å²) < 4.78 is 27.3. The van der Waals surface area contributed by atoms with Crippen LogP contribution in [-0.4, -0.2) is 37.2 Å². The van der Waals surface area contributed by atoms with Crippen molar-refractivity contribution in [2.45, 2.75) is 89.6 Å². The molecule has 2 aromatic carbocycles. The molecule has 0 amide bonds. The van der Waals surface area contributed by atoms with Crippen molar-refractivity contribution in [1.82, 2.24) is 0 Å². The van der Waals surface area contributed by atoms with E-state index in [1.807, 2.05) is 0 Å². The molecule has 1 aliphatic rings. The third-order valence-corrected chi connectivity index (χ3v) is 7.80. The summed E-state index contributed by atoms with van der Waals surface area (Å²) in [4.78, 5) is 36.4. The van der Waals surface area contributed by atoms with Crippen molar-refractivity contribution in [2.24, 2.45) is 5.92 Å². The third-order valence-electron chi connectivity index (χ3n) is 7.80. The Labute approximate surface area is 284 Å². The van der Waals surface area contributed by atoms with Crippen LogP contribution < -0.4 is 14.2 Å². The van der Waals surface area contributed by atoms with Crippen LogP contribution in [0.15, 0.2) is 61.2 Å². The summed E-state index contributed by atoms with van der Waals surface area (Å²) in [6.07, 6.45) is 20.8. The lowest BCUT2D eigenvalue weighted by Crippen LogP contribution is -2.30. The summed E-state index contributed by atoms with van der Waals surface area (Å²) in [6, 6.07) is 13.6. The van der Waals surface area contributed by atoms with E-state index in [0.717, 1.165) is 37.9 Å². The minimum Gasteiger partial charge on any atom is -0.494 e. The van der Waals surface area contributed by atoms with Gasteiger partial charge in [-0.2, -0.15) is 0 Å². The number of ether oxygens (including phenoxy) is 5. The summed E-state index contributed by atoms with van der Waals surface area (Å²) in [6.45, 7) is 4.49. The largest absolute Gasteiger partial charge is 0.494 e. The summed E-state index contributed by atoms with van der Waals surface area (Å²) >= 11 is 0. The van der Waals surface area contributed by atoms with Crippen molar-refractivity contribution < 1.29 is 38.1 Å². The van der Waals surface area contributed by atoms with Gasteiger partial charge in [0, 0.05) is 17.9 Å². The molecule has 1 fully saturated rings. The van der Waals surface area contributed by atoms with Crippen LogP contribution in [0.25, 0.3) is 0 Å². The molecule has 3 rings (SSSR count). The maximum absolute atomic E-state index is 12.7. The molecular formula is C40H44O8. The van der Waals surface area contributed by atoms with Gasteiger partial charge in [0.15, 0.2) is 0 Å². The van der Waals surface area contributed by atoms with Gasteiger partial charge in [0.25, 0.3) is 0 Å². The SMILES string of the molecule is C#CC#CC#COc1ccc(OC(=O)C2CCC(OC(=O)c3ccc(OCCCCCCCCCCCOC(=O)C=C)cc3)CC2)cc1. The molecule has 0 radical (unpaired) electrons. The van der Waals surface area contributed by atoms with Crippen LogP contribution in [0.4, 0.5) is 0 Å². The molecule has 0 bridgehead atoms. The Morgan fingerprint density at radius 3 is 1.94 bits per heavy atom. The fraction of sp³-hybridized carbons (Fsp3) is 0.425. The number of hydrogen-bond acceptors (Lipinski definition) is 8. The molecule has 0 aromatic heterocycles. The molecule has 0 aliphatic heterocycles. The van der Waals surface area contributed by atoms with Crippen molar-refractivity contribution >= 4 is 17.9 Å². The zero-order valence-corrected chi connectivity index (χ0v) is 27.5. The topological polar surface area (TPSA) is 97.4 Å². The van der Waals surface area contributed by atoms with Gasteiger partial charge in [-0.25, -0.2) is 9.59 Å². The van der Waals surface area contributed by atoms with Gasteiger partial charge >= 0.3 is 17.9 Å². The first-order valence-corrected chi connectivity index (χ1v) is 16.7. The molecule has 2 aromatic rings. The van der Waals surface area contributed by atoms with E-state index in [9.17, 15) is 14.4 Å². The molecule has 1 aliphatic carbocycles. The maximum atomic E-state index is 12.7. The van der Waals surface area contributed by atoms with Gasteiger partial charge in [-0.05, 0) is 98.9 Å². The number of unbranched alkanes of at least 4 members (excludes halogenated alkanes) is 8. The molecule has 0 heterocycles. The Morgan fingerprint density at radius 1 is 0.729 bits per heavy atom. The van der Waals surface area contributed by atoms with E-state index in [2.05, 4.69) is 36.4 Å². The number of carbonyl (C=O) groups excluding carboxylic acids is 3. The van der Waals surface area contributed by atoms with E-state index in [1.165, 1.54) is 31.8 Å². The number of benzene rings is 2. The van der Waals surface area contributed by atoms with Crippen molar-refractivity contribution in [1.29, 1.82) is 0 Å². The van der Waals surface area contributed by atoms with E-state index in [0.29, 0.717) is 56.0 Å². The average Bonchev–Trinajstić information content (AvgIpc) is 3.11. The highest BCUT2D eigenvalue weighted by Gasteiger charge is 2.30. The standard InChI is InChI=1S/C40H44O8/c1-3-5-6-14-29-45-35-25-27-37(28-26-35)48-40(43)33-19-23-36(24-20-33)47-39(42)32-17-21-34(22-18-32)44-30-15-12-10-8-7-9-11-13-16-31-46-38(41)4-2/h1,4,17-18,21-22,25-28,33,36H,2,7-13,15-16,19-20,23-24,30-31H2. The molecule has 1 saturated carbocycles. The number of carbonyl (C=O) groups is 3. The highest BCUT2D eigenvalue weighted by atomic mass is 16.5. The second kappa shape index (κ2) is 22.4. The first-order valence-electron chi connectivity index (χ1n) is 16.7. The Balaban J connectivity index is 1.23. The number of esters is 3. The van der Waals surface area contributed by atoms with Crippen molar-refractivity contribution in [2.75, 3.05) is 13.2 Å².